The molecule has 1 N–H and O–H groups in total. The van der Waals surface area contributed by atoms with Gasteiger partial charge in [-0.15, -0.1) is 0 Å². The van der Waals surface area contributed by atoms with Crippen LogP contribution < -0.4 is 4.74 Å². The monoisotopic (exact) mass is 321 g/mol. The molecule has 0 aliphatic heterocycles. The molecule has 4 nitrogen and oxygen atoms in total. The molecule has 5 heteroatoms. The average Bonchev–Trinajstić information content (AvgIpc) is 2.88. The van der Waals surface area contributed by atoms with Crippen LogP contribution in [0.15, 0.2) is 24.4 Å². The van der Waals surface area contributed by atoms with Crippen LogP contribution in [-0.4, -0.2) is 31.1 Å². The van der Waals surface area contributed by atoms with Crippen molar-refractivity contribution in [1.82, 2.24) is 4.57 Å². The highest BCUT2D eigenvalue weighted by molar-refractivity contribution is 6.76. The second-order valence-corrected chi connectivity index (χ2v) is 12.4. The number of hydrogen-bond donors (Lipinski definition) is 1. The summed E-state index contributed by atoms with van der Waals surface area (Å²) in [7, 11) is -1.06. The third-order valence-electron chi connectivity index (χ3n) is 3.73. The molecule has 122 valence electrons. The first-order valence-corrected chi connectivity index (χ1v) is 11.6. The van der Waals surface area contributed by atoms with Crippen molar-refractivity contribution in [2.45, 2.75) is 45.8 Å². The van der Waals surface area contributed by atoms with Crippen molar-refractivity contribution in [2.24, 2.45) is 0 Å². The van der Waals surface area contributed by atoms with Crippen LogP contribution >= 0.6 is 0 Å². The van der Waals surface area contributed by atoms with E-state index < -0.39 is 8.07 Å². The van der Waals surface area contributed by atoms with Gasteiger partial charge >= 0.3 is 0 Å². The lowest BCUT2D eigenvalue weighted by atomic mass is 10.1. The van der Waals surface area contributed by atoms with E-state index in [-0.39, 0.29) is 13.4 Å². The largest absolute Gasteiger partial charge is 0.467 e. The minimum Gasteiger partial charge on any atom is -0.467 e. The summed E-state index contributed by atoms with van der Waals surface area (Å²) in [6.45, 7) is 11.0. The molecule has 0 fully saturated rings. The Morgan fingerprint density at radius 2 is 2.00 bits per heavy atom. The minimum atomic E-state index is -1.06. The lowest BCUT2D eigenvalue weighted by Crippen LogP contribution is -2.22. The second-order valence-electron chi connectivity index (χ2n) is 6.77. The smallest absolute Gasteiger partial charge is 0.189 e. The molecular formula is C17H27NO3Si. The van der Waals surface area contributed by atoms with Gasteiger partial charge in [0, 0.05) is 32.8 Å². The number of aromatic nitrogens is 1. The van der Waals surface area contributed by atoms with Crippen LogP contribution in [0.2, 0.25) is 25.7 Å². The van der Waals surface area contributed by atoms with Crippen LogP contribution in [0.25, 0.3) is 10.9 Å². The topological polar surface area (TPSA) is 43.6 Å². The summed E-state index contributed by atoms with van der Waals surface area (Å²) < 4.78 is 13.6. The SMILES string of the molecule is CCn1ccc2c(OCOCC[Si](C)(C)C)cc(CO)cc21. The molecule has 0 spiro atoms. The van der Waals surface area contributed by atoms with E-state index in [4.69, 9.17) is 9.47 Å². The maximum atomic E-state index is 9.43. The molecule has 1 heterocycles. The highest BCUT2D eigenvalue weighted by atomic mass is 28.3. The standard InChI is InChI=1S/C17H27NO3Si/c1-5-18-7-6-15-16(18)10-14(12-19)11-17(15)21-13-20-8-9-22(2,3)4/h6-7,10-11,19H,5,8-9,12-13H2,1-4H3. The summed E-state index contributed by atoms with van der Waals surface area (Å²) in [4.78, 5) is 0. The Morgan fingerprint density at radius 1 is 1.23 bits per heavy atom. The number of benzene rings is 1. The van der Waals surface area contributed by atoms with Crippen LogP contribution in [0, 0.1) is 0 Å². The first-order chi connectivity index (χ1) is 10.4. The van der Waals surface area contributed by atoms with Crippen LogP contribution in [0.3, 0.4) is 0 Å². The first-order valence-electron chi connectivity index (χ1n) is 7.88. The number of ether oxygens (including phenoxy) is 2. The summed E-state index contributed by atoms with van der Waals surface area (Å²) in [5, 5.41) is 10.5. The van der Waals surface area contributed by atoms with Gasteiger partial charge in [0.05, 0.1) is 12.1 Å². The Morgan fingerprint density at radius 3 is 2.64 bits per heavy atom. The van der Waals surface area contributed by atoms with Crippen LogP contribution in [-0.2, 0) is 17.9 Å². The molecule has 0 atom stereocenters. The van der Waals surface area contributed by atoms with E-state index in [2.05, 4.69) is 37.2 Å². The number of hydrogen-bond acceptors (Lipinski definition) is 3. The van der Waals surface area contributed by atoms with Crippen molar-refractivity contribution in [2.75, 3.05) is 13.4 Å². The van der Waals surface area contributed by atoms with E-state index in [1.165, 1.54) is 0 Å². The zero-order valence-corrected chi connectivity index (χ0v) is 15.1. The molecule has 1 aromatic carbocycles. The van der Waals surface area contributed by atoms with Crippen LogP contribution in [0.1, 0.15) is 12.5 Å². The summed E-state index contributed by atoms with van der Waals surface area (Å²) >= 11 is 0. The third-order valence-corrected chi connectivity index (χ3v) is 5.43. The van der Waals surface area contributed by atoms with E-state index in [9.17, 15) is 5.11 Å². The normalized spacial score (nSPS) is 12.0. The Kier molecular flexibility index (Phi) is 5.67. The maximum Gasteiger partial charge on any atom is 0.189 e. The average molecular weight is 321 g/mol. The maximum absolute atomic E-state index is 9.43. The van der Waals surface area contributed by atoms with Crippen LogP contribution in [0.4, 0.5) is 0 Å². The molecule has 22 heavy (non-hydrogen) atoms. The van der Waals surface area contributed by atoms with Gasteiger partial charge in [-0.25, -0.2) is 0 Å². The molecule has 0 saturated carbocycles. The number of aryl methyl sites for hydroxylation is 1. The molecule has 0 aliphatic carbocycles. The molecule has 0 unspecified atom stereocenters. The Hall–Kier alpha value is -1.30. The van der Waals surface area contributed by atoms with Gasteiger partial charge in [-0.3, -0.25) is 0 Å². The van der Waals surface area contributed by atoms with Gasteiger partial charge in [-0.1, -0.05) is 19.6 Å². The van der Waals surface area contributed by atoms with Gasteiger partial charge in [-0.2, -0.15) is 0 Å². The minimum absolute atomic E-state index is 0.0116. The van der Waals surface area contributed by atoms with E-state index in [1.54, 1.807) is 0 Å². The number of aliphatic hydroxyl groups is 1. The fourth-order valence-corrected chi connectivity index (χ4v) is 3.10. The van der Waals surface area contributed by atoms with Gasteiger partial charge < -0.3 is 19.1 Å². The molecule has 0 amide bonds. The Labute approximate surface area is 133 Å². The summed E-state index contributed by atoms with van der Waals surface area (Å²) in [5.41, 5.74) is 1.95. The predicted molar refractivity (Wildman–Crippen MR) is 93.1 cm³/mol. The van der Waals surface area contributed by atoms with Crippen molar-refractivity contribution in [3.05, 3.63) is 30.0 Å². The second kappa shape index (κ2) is 7.31. The zero-order valence-electron chi connectivity index (χ0n) is 14.1. The molecule has 0 bridgehead atoms. The number of nitrogens with zero attached hydrogens (tertiary/aromatic N) is 1. The van der Waals surface area contributed by atoms with E-state index in [0.717, 1.165) is 41.4 Å². The number of aliphatic hydroxyl groups excluding tert-OH is 1. The van der Waals surface area contributed by atoms with Crippen molar-refractivity contribution in [3.63, 3.8) is 0 Å². The van der Waals surface area contributed by atoms with Crippen LogP contribution in [0.5, 0.6) is 5.75 Å². The number of fused-ring (bicyclic) bond motifs is 1. The first kappa shape index (κ1) is 17.1. The molecule has 0 saturated heterocycles. The molecule has 2 rings (SSSR count). The van der Waals surface area contributed by atoms with Gasteiger partial charge in [0.2, 0.25) is 0 Å². The fourth-order valence-electron chi connectivity index (χ4n) is 2.35. The van der Waals surface area contributed by atoms with Crippen molar-refractivity contribution in [1.29, 1.82) is 0 Å². The lowest BCUT2D eigenvalue weighted by molar-refractivity contribution is 0.0229. The molecular weight excluding hydrogens is 294 g/mol. The summed E-state index contributed by atoms with van der Waals surface area (Å²) in [6, 6.07) is 7.09. The van der Waals surface area contributed by atoms with Crippen molar-refractivity contribution in [3.8, 4) is 5.75 Å². The van der Waals surface area contributed by atoms with Gasteiger partial charge in [0.25, 0.3) is 0 Å². The molecule has 1 aromatic heterocycles. The quantitative estimate of drug-likeness (QED) is 0.456. The lowest BCUT2D eigenvalue weighted by Gasteiger charge is -2.16. The highest BCUT2D eigenvalue weighted by Gasteiger charge is 2.12. The van der Waals surface area contributed by atoms with Crippen molar-refractivity contribution < 1.29 is 14.6 Å². The Bertz CT molecular complexity index is 616. The predicted octanol–water partition coefficient (Wildman–Crippen LogP) is 3.84. The summed E-state index contributed by atoms with van der Waals surface area (Å²) in [5.74, 6) is 0.779. The van der Waals surface area contributed by atoms with Gasteiger partial charge in [0.15, 0.2) is 6.79 Å². The van der Waals surface area contributed by atoms with Gasteiger partial charge in [-0.05, 0) is 36.7 Å². The Balaban J connectivity index is 2.05. The molecule has 0 aliphatic rings. The molecule has 2 aromatic rings. The van der Waals surface area contributed by atoms with E-state index in [1.807, 2.05) is 18.3 Å². The zero-order chi connectivity index (χ0) is 16.2. The highest BCUT2D eigenvalue weighted by Crippen LogP contribution is 2.29. The summed E-state index contributed by atoms with van der Waals surface area (Å²) in [6.07, 6.45) is 2.05. The molecule has 0 radical (unpaired) electrons. The third kappa shape index (κ3) is 4.35. The van der Waals surface area contributed by atoms with Gasteiger partial charge in [0.1, 0.15) is 5.75 Å². The van der Waals surface area contributed by atoms with E-state index in [0.29, 0.717) is 0 Å². The van der Waals surface area contributed by atoms with E-state index >= 15 is 0 Å². The van der Waals surface area contributed by atoms with Crippen molar-refractivity contribution >= 4 is 19.0 Å². The fraction of sp³-hybridized carbons (Fsp3) is 0.529. The number of rotatable bonds is 8.